The summed E-state index contributed by atoms with van der Waals surface area (Å²) < 4.78 is 10.1. The third-order valence-corrected chi connectivity index (χ3v) is 4.25. The predicted octanol–water partition coefficient (Wildman–Crippen LogP) is 5.61. The Morgan fingerprint density at radius 1 is 0.667 bits per heavy atom. The molecule has 2 aromatic rings. The first-order valence-corrected chi connectivity index (χ1v) is 10.2. The summed E-state index contributed by atoms with van der Waals surface area (Å²) in [6.07, 6.45) is 2.50. The van der Waals surface area contributed by atoms with Gasteiger partial charge in [0.05, 0.1) is 13.2 Å². The molecule has 0 fully saturated rings. The van der Waals surface area contributed by atoms with Gasteiger partial charge in [-0.2, -0.15) is 0 Å². The van der Waals surface area contributed by atoms with Crippen LogP contribution in [0, 0.1) is 0 Å². The molecule has 30 heavy (non-hydrogen) atoms. The molecular weight excluding hydrogens is 384 g/mol. The highest BCUT2D eigenvalue weighted by molar-refractivity contribution is 6.09. The van der Waals surface area contributed by atoms with Crippen LogP contribution in [0.1, 0.15) is 55.5 Å². The van der Waals surface area contributed by atoms with E-state index in [9.17, 15) is 14.4 Å². The summed E-state index contributed by atoms with van der Waals surface area (Å²) in [5.41, 5.74) is 2.07. The van der Waals surface area contributed by atoms with E-state index in [0.717, 1.165) is 25.7 Å². The average Bonchev–Trinajstić information content (AvgIpc) is 2.75. The largest absolute Gasteiger partial charge is 0.449 e. The number of hydrogen-bond donors (Lipinski definition) is 2. The Morgan fingerprint density at radius 3 is 1.37 bits per heavy atom. The van der Waals surface area contributed by atoms with Crippen molar-refractivity contribution in [2.45, 2.75) is 39.5 Å². The molecule has 0 aromatic heterocycles. The number of benzene rings is 2. The predicted molar refractivity (Wildman–Crippen MR) is 116 cm³/mol. The van der Waals surface area contributed by atoms with Gasteiger partial charge < -0.3 is 9.47 Å². The van der Waals surface area contributed by atoms with Crippen LogP contribution in [-0.2, 0) is 9.47 Å². The molecular formula is C23H28N2O5. The van der Waals surface area contributed by atoms with E-state index in [4.69, 9.17) is 9.47 Å². The number of carbonyl (C=O) groups is 3. The highest BCUT2D eigenvalue weighted by atomic mass is 16.6. The van der Waals surface area contributed by atoms with Gasteiger partial charge in [0.1, 0.15) is 0 Å². The van der Waals surface area contributed by atoms with E-state index in [1.807, 2.05) is 13.8 Å². The van der Waals surface area contributed by atoms with Crippen molar-refractivity contribution in [2.75, 3.05) is 23.8 Å². The summed E-state index contributed by atoms with van der Waals surface area (Å²) in [5, 5.41) is 5.25. The molecule has 0 heterocycles. The lowest BCUT2D eigenvalue weighted by Gasteiger charge is -2.08. The minimum absolute atomic E-state index is 0.163. The molecule has 0 saturated carbocycles. The Kier molecular flexibility index (Phi) is 9.37. The molecule has 2 amide bonds. The standard InChI is InChI=1S/C23H28N2O5/c1-3-5-15-29-22(27)24-19-11-7-17(8-12-19)21(26)18-9-13-20(14-10-18)25-23(28)30-16-6-4-2/h7-14H,3-6,15-16H2,1-2H3,(H,24,27)(H,25,28). The van der Waals surface area contributed by atoms with Crippen molar-refractivity contribution in [3.8, 4) is 0 Å². The van der Waals surface area contributed by atoms with Crippen LogP contribution >= 0.6 is 0 Å². The molecule has 7 nitrogen and oxygen atoms in total. The zero-order chi connectivity index (χ0) is 21.8. The van der Waals surface area contributed by atoms with Crippen molar-refractivity contribution in [1.29, 1.82) is 0 Å². The number of amides is 2. The topological polar surface area (TPSA) is 93.7 Å². The highest BCUT2D eigenvalue weighted by Crippen LogP contribution is 2.16. The number of nitrogens with one attached hydrogen (secondary N) is 2. The van der Waals surface area contributed by atoms with Gasteiger partial charge in [-0.05, 0) is 61.4 Å². The zero-order valence-corrected chi connectivity index (χ0v) is 17.4. The van der Waals surface area contributed by atoms with E-state index in [0.29, 0.717) is 35.7 Å². The minimum atomic E-state index is -0.515. The van der Waals surface area contributed by atoms with Gasteiger partial charge in [-0.15, -0.1) is 0 Å². The third kappa shape index (κ3) is 7.58. The molecule has 0 aliphatic carbocycles. The maximum Gasteiger partial charge on any atom is 0.411 e. The average molecular weight is 412 g/mol. The molecule has 2 rings (SSSR count). The summed E-state index contributed by atoms with van der Waals surface area (Å²) in [5.74, 6) is -0.163. The highest BCUT2D eigenvalue weighted by Gasteiger charge is 2.11. The lowest BCUT2D eigenvalue weighted by molar-refractivity contribution is 0.103. The number of anilines is 2. The second kappa shape index (κ2) is 12.3. The van der Waals surface area contributed by atoms with Crippen molar-refractivity contribution in [3.05, 3.63) is 59.7 Å². The van der Waals surface area contributed by atoms with E-state index >= 15 is 0 Å². The van der Waals surface area contributed by atoms with E-state index < -0.39 is 12.2 Å². The van der Waals surface area contributed by atoms with Crippen molar-refractivity contribution in [3.63, 3.8) is 0 Å². The lowest BCUT2D eigenvalue weighted by atomic mass is 10.0. The van der Waals surface area contributed by atoms with E-state index in [1.54, 1.807) is 48.5 Å². The van der Waals surface area contributed by atoms with Gasteiger partial charge in [0.15, 0.2) is 5.78 Å². The summed E-state index contributed by atoms with van der Waals surface area (Å²) in [7, 11) is 0. The van der Waals surface area contributed by atoms with Gasteiger partial charge in [0, 0.05) is 22.5 Å². The number of ether oxygens (including phenoxy) is 2. The third-order valence-electron chi connectivity index (χ3n) is 4.25. The van der Waals surface area contributed by atoms with Gasteiger partial charge in [-0.1, -0.05) is 26.7 Å². The number of rotatable bonds is 10. The molecule has 160 valence electrons. The van der Waals surface area contributed by atoms with Crippen molar-refractivity contribution < 1.29 is 23.9 Å². The maximum absolute atomic E-state index is 12.6. The molecule has 0 spiro atoms. The van der Waals surface area contributed by atoms with Crippen molar-refractivity contribution >= 4 is 29.3 Å². The van der Waals surface area contributed by atoms with Crippen molar-refractivity contribution in [1.82, 2.24) is 0 Å². The minimum Gasteiger partial charge on any atom is -0.449 e. The Labute approximate surface area is 176 Å². The smallest absolute Gasteiger partial charge is 0.411 e. The number of carbonyl (C=O) groups excluding carboxylic acids is 3. The van der Waals surface area contributed by atoms with Gasteiger partial charge in [0.25, 0.3) is 0 Å². The molecule has 0 unspecified atom stereocenters. The van der Waals surface area contributed by atoms with Crippen LogP contribution in [-0.4, -0.2) is 31.2 Å². The van der Waals surface area contributed by atoms with Gasteiger partial charge in [-0.25, -0.2) is 9.59 Å². The van der Waals surface area contributed by atoms with Crippen LogP contribution in [0.2, 0.25) is 0 Å². The second-order valence-electron chi connectivity index (χ2n) is 6.71. The van der Waals surface area contributed by atoms with Gasteiger partial charge in [-0.3, -0.25) is 15.4 Å². The fourth-order valence-electron chi connectivity index (χ4n) is 2.50. The molecule has 0 saturated heterocycles. The van der Waals surface area contributed by atoms with Gasteiger partial charge in [0.2, 0.25) is 0 Å². The fraction of sp³-hybridized carbons (Fsp3) is 0.348. The van der Waals surface area contributed by atoms with Crippen LogP contribution in [0.15, 0.2) is 48.5 Å². The Hall–Kier alpha value is -3.35. The summed E-state index contributed by atoms with van der Waals surface area (Å²) >= 11 is 0. The number of hydrogen-bond acceptors (Lipinski definition) is 5. The Bertz CT molecular complexity index is 762. The van der Waals surface area contributed by atoms with E-state index in [2.05, 4.69) is 10.6 Å². The molecule has 0 atom stereocenters. The SMILES string of the molecule is CCCCOC(=O)Nc1ccc(C(=O)c2ccc(NC(=O)OCCCC)cc2)cc1. The first-order chi connectivity index (χ1) is 14.5. The molecule has 0 aliphatic rings. The van der Waals surface area contributed by atoms with Crippen LogP contribution in [0.5, 0.6) is 0 Å². The van der Waals surface area contributed by atoms with Crippen LogP contribution in [0.4, 0.5) is 21.0 Å². The van der Waals surface area contributed by atoms with Crippen molar-refractivity contribution in [2.24, 2.45) is 0 Å². The van der Waals surface area contributed by atoms with Crippen LogP contribution in [0.3, 0.4) is 0 Å². The summed E-state index contributed by atoms with van der Waals surface area (Å²) in [6.45, 7) is 4.79. The molecule has 0 aliphatic heterocycles. The number of unbranched alkanes of at least 4 members (excludes halogenated alkanes) is 2. The monoisotopic (exact) mass is 412 g/mol. The lowest BCUT2D eigenvalue weighted by Crippen LogP contribution is -2.14. The molecule has 2 aromatic carbocycles. The number of ketones is 1. The van der Waals surface area contributed by atoms with Gasteiger partial charge >= 0.3 is 12.2 Å². The second-order valence-corrected chi connectivity index (χ2v) is 6.71. The van der Waals surface area contributed by atoms with E-state index in [1.165, 1.54) is 0 Å². The molecule has 2 N–H and O–H groups in total. The Morgan fingerprint density at radius 2 is 1.03 bits per heavy atom. The van der Waals surface area contributed by atoms with Crippen LogP contribution in [0.25, 0.3) is 0 Å². The quantitative estimate of drug-likeness (QED) is 0.390. The fourth-order valence-corrected chi connectivity index (χ4v) is 2.50. The van der Waals surface area contributed by atoms with Crippen LogP contribution < -0.4 is 10.6 Å². The summed E-state index contributed by atoms with van der Waals surface area (Å²) in [4.78, 5) is 36.0. The maximum atomic E-state index is 12.6. The molecule has 0 bridgehead atoms. The summed E-state index contributed by atoms with van der Waals surface area (Å²) in [6, 6.07) is 13.2. The zero-order valence-electron chi connectivity index (χ0n) is 17.4. The Balaban J connectivity index is 1.90. The first kappa shape index (κ1) is 22.9. The normalized spacial score (nSPS) is 10.2. The molecule has 7 heteroatoms. The van der Waals surface area contributed by atoms with E-state index in [-0.39, 0.29) is 5.78 Å². The first-order valence-electron chi connectivity index (χ1n) is 10.2. The molecule has 0 radical (unpaired) electrons.